The van der Waals surface area contributed by atoms with Gasteiger partial charge < -0.3 is 15.8 Å². The van der Waals surface area contributed by atoms with Gasteiger partial charge in [0, 0.05) is 6.07 Å². The number of amides is 1. The van der Waals surface area contributed by atoms with Gasteiger partial charge in [0.05, 0.1) is 30.5 Å². The molecule has 0 aliphatic rings. The number of ether oxygens (including phenoxy) is 1. The maximum atomic E-state index is 11.6. The van der Waals surface area contributed by atoms with E-state index in [0.29, 0.717) is 23.4 Å². The normalized spacial score (nSPS) is 11.4. The lowest BCUT2D eigenvalue weighted by Gasteiger charge is -2.13. The fourth-order valence-electron chi connectivity index (χ4n) is 1.27. The van der Waals surface area contributed by atoms with Crippen LogP contribution in [0.3, 0.4) is 0 Å². The highest BCUT2D eigenvalue weighted by atomic mass is 16.5. The van der Waals surface area contributed by atoms with Crippen LogP contribution in [0.4, 0.5) is 5.69 Å². The van der Waals surface area contributed by atoms with E-state index in [4.69, 9.17) is 15.7 Å². The summed E-state index contributed by atoms with van der Waals surface area (Å²) >= 11 is 0. The molecule has 0 saturated carbocycles. The minimum absolute atomic E-state index is 0.268. The number of anilines is 1. The first-order chi connectivity index (χ1) is 8.12. The Morgan fingerprint density at radius 2 is 2.35 bits per heavy atom. The maximum Gasteiger partial charge on any atom is 0.241 e. The summed E-state index contributed by atoms with van der Waals surface area (Å²) in [6.45, 7) is 1.83. The lowest BCUT2D eigenvalue weighted by molar-refractivity contribution is -0.117. The third-order valence-electron chi connectivity index (χ3n) is 2.37. The van der Waals surface area contributed by atoms with E-state index < -0.39 is 6.04 Å². The number of carbonyl (C=O) groups excluding carboxylic acids is 1. The Hall–Kier alpha value is -2.06. The first-order valence-corrected chi connectivity index (χ1v) is 5.27. The van der Waals surface area contributed by atoms with Gasteiger partial charge in [0.2, 0.25) is 5.91 Å². The zero-order valence-corrected chi connectivity index (χ0v) is 9.86. The summed E-state index contributed by atoms with van der Waals surface area (Å²) in [5.74, 6) is 0.177. The van der Waals surface area contributed by atoms with E-state index in [2.05, 4.69) is 5.32 Å². The number of rotatable bonds is 4. The van der Waals surface area contributed by atoms with Gasteiger partial charge >= 0.3 is 0 Å². The second-order valence-corrected chi connectivity index (χ2v) is 3.53. The zero-order valence-electron chi connectivity index (χ0n) is 9.86. The quantitative estimate of drug-likeness (QED) is 0.819. The number of nitrogens with one attached hydrogen (secondary N) is 1. The largest absolute Gasteiger partial charge is 0.495 e. The van der Waals surface area contributed by atoms with Gasteiger partial charge in [0.25, 0.3) is 0 Å². The van der Waals surface area contributed by atoms with Crippen LogP contribution in [-0.2, 0) is 4.79 Å². The van der Waals surface area contributed by atoms with Crippen molar-refractivity contribution >= 4 is 11.6 Å². The summed E-state index contributed by atoms with van der Waals surface area (Å²) in [4.78, 5) is 11.6. The number of carbonyl (C=O) groups is 1. The number of nitrogens with zero attached hydrogens (tertiary/aromatic N) is 1. The van der Waals surface area contributed by atoms with Crippen LogP contribution in [0.1, 0.15) is 18.9 Å². The van der Waals surface area contributed by atoms with E-state index in [1.54, 1.807) is 18.2 Å². The lowest BCUT2D eigenvalue weighted by Crippen LogP contribution is -2.34. The molecule has 3 N–H and O–H groups in total. The Labute approximate surface area is 100 Å². The van der Waals surface area contributed by atoms with Crippen molar-refractivity contribution in [1.29, 1.82) is 5.26 Å². The molecular formula is C12H15N3O2. The Bertz CT molecular complexity index is 452. The van der Waals surface area contributed by atoms with Crippen molar-refractivity contribution in [3.8, 4) is 11.8 Å². The predicted octanol–water partition coefficient (Wildman–Crippen LogP) is 1.24. The summed E-state index contributed by atoms with van der Waals surface area (Å²) in [6, 6.07) is 6.24. The standard InChI is InChI=1S/C12H15N3O2/c1-3-9(14)12(16)15-10-5-4-8(7-13)6-11(10)17-2/h4-6,9H,3,14H2,1-2H3,(H,15,16). The van der Waals surface area contributed by atoms with Crippen molar-refractivity contribution in [2.24, 2.45) is 5.73 Å². The Morgan fingerprint density at radius 1 is 1.65 bits per heavy atom. The van der Waals surface area contributed by atoms with Crippen LogP contribution < -0.4 is 15.8 Å². The number of methoxy groups -OCH3 is 1. The molecule has 1 unspecified atom stereocenters. The molecule has 0 aliphatic carbocycles. The van der Waals surface area contributed by atoms with Crippen molar-refractivity contribution < 1.29 is 9.53 Å². The third-order valence-corrected chi connectivity index (χ3v) is 2.37. The predicted molar refractivity (Wildman–Crippen MR) is 64.6 cm³/mol. The van der Waals surface area contributed by atoms with E-state index in [1.165, 1.54) is 7.11 Å². The highest BCUT2D eigenvalue weighted by Crippen LogP contribution is 2.25. The molecule has 1 rings (SSSR count). The number of hydrogen-bond acceptors (Lipinski definition) is 4. The Kier molecular flexibility index (Phi) is 4.49. The first kappa shape index (κ1) is 13.0. The van der Waals surface area contributed by atoms with Gasteiger partial charge in [-0.2, -0.15) is 5.26 Å². The van der Waals surface area contributed by atoms with Gasteiger partial charge in [-0.25, -0.2) is 0 Å². The van der Waals surface area contributed by atoms with Crippen LogP contribution in [-0.4, -0.2) is 19.1 Å². The minimum Gasteiger partial charge on any atom is -0.495 e. The molecule has 0 aromatic heterocycles. The lowest BCUT2D eigenvalue weighted by atomic mass is 10.2. The van der Waals surface area contributed by atoms with E-state index in [0.717, 1.165) is 0 Å². The number of nitriles is 1. The van der Waals surface area contributed by atoms with Gasteiger partial charge in [0.15, 0.2) is 0 Å². The van der Waals surface area contributed by atoms with E-state index in [-0.39, 0.29) is 5.91 Å². The van der Waals surface area contributed by atoms with Gasteiger partial charge in [-0.1, -0.05) is 6.92 Å². The number of hydrogen-bond donors (Lipinski definition) is 2. The average Bonchev–Trinajstić information content (AvgIpc) is 2.37. The van der Waals surface area contributed by atoms with Crippen molar-refractivity contribution in [3.05, 3.63) is 23.8 Å². The molecule has 90 valence electrons. The summed E-state index contributed by atoms with van der Waals surface area (Å²) in [7, 11) is 1.48. The van der Waals surface area contributed by atoms with Crippen LogP contribution >= 0.6 is 0 Å². The van der Waals surface area contributed by atoms with E-state index >= 15 is 0 Å². The highest BCUT2D eigenvalue weighted by molar-refractivity contribution is 5.95. The summed E-state index contributed by atoms with van der Waals surface area (Å²) in [5.41, 5.74) is 6.59. The van der Waals surface area contributed by atoms with Crippen LogP contribution in [0.15, 0.2) is 18.2 Å². The molecule has 1 atom stereocenters. The van der Waals surface area contributed by atoms with Crippen LogP contribution in [0.5, 0.6) is 5.75 Å². The monoisotopic (exact) mass is 233 g/mol. The molecule has 0 radical (unpaired) electrons. The third kappa shape index (κ3) is 3.20. The number of nitrogens with two attached hydrogens (primary N) is 1. The molecular weight excluding hydrogens is 218 g/mol. The van der Waals surface area contributed by atoms with Crippen molar-refractivity contribution in [1.82, 2.24) is 0 Å². The highest BCUT2D eigenvalue weighted by Gasteiger charge is 2.13. The molecule has 0 saturated heterocycles. The SMILES string of the molecule is CCC(N)C(=O)Nc1ccc(C#N)cc1OC. The average molecular weight is 233 g/mol. The summed E-state index contributed by atoms with van der Waals surface area (Å²) in [6.07, 6.45) is 0.560. The second-order valence-electron chi connectivity index (χ2n) is 3.53. The molecule has 1 amide bonds. The zero-order chi connectivity index (χ0) is 12.8. The van der Waals surface area contributed by atoms with Crippen LogP contribution in [0.25, 0.3) is 0 Å². The Balaban J connectivity index is 2.92. The molecule has 0 aliphatic heterocycles. The fourth-order valence-corrected chi connectivity index (χ4v) is 1.27. The molecule has 0 fully saturated rings. The molecule has 17 heavy (non-hydrogen) atoms. The molecule has 0 spiro atoms. The van der Waals surface area contributed by atoms with Gasteiger partial charge in [-0.15, -0.1) is 0 Å². The topological polar surface area (TPSA) is 88.1 Å². The molecule has 5 heteroatoms. The van der Waals surface area contributed by atoms with Gasteiger partial charge in [0.1, 0.15) is 5.75 Å². The van der Waals surface area contributed by atoms with Crippen molar-refractivity contribution in [3.63, 3.8) is 0 Å². The number of benzene rings is 1. The molecule has 5 nitrogen and oxygen atoms in total. The summed E-state index contributed by atoms with van der Waals surface area (Å²) < 4.78 is 5.10. The Morgan fingerprint density at radius 3 is 2.88 bits per heavy atom. The smallest absolute Gasteiger partial charge is 0.241 e. The first-order valence-electron chi connectivity index (χ1n) is 5.27. The van der Waals surface area contributed by atoms with E-state index in [9.17, 15) is 4.79 Å². The molecule has 0 heterocycles. The minimum atomic E-state index is -0.546. The second kappa shape index (κ2) is 5.87. The molecule has 1 aromatic rings. The fraction of sp³-hybridized carbons (Fsp3) is 0.333. The van der Waals surface area contributed by atoms with Crippen LogP contribution in [0.2, 0.25) is 0 Å². The van der Waals surface area contributed by atoms with Crippen molar-refractivity contribution in [2.45, 2.75) is 19.4 Å². The van der Waals surface area contributed by atoms with Crippen LogP contribution in [0, 0.1) is 11.3 Å². The van der Waals surface area contributed by atoms with Gasteiger partial charge in [-0.05, 0) is 18.6 Å². The van der Waals surface area contributed by atoms with E-state index in [1.807, 2.05) is 13.0 Å². The summed E-state index contributed by atoms with van der Waals surface area (Å²) in [5, 5.41) is 11.4. The van der Waals surface area contributed by atoms with Crippen molar-refractivity contribution in [2.75, 3.05) is 12.4 Å². The molecule has 1 aromatic carbocycles. The van der Waals surface area contributed by atoms with Gasteiger partial charge in [-0.3, -0.25) is 4.79 Å². The maximum absolute atomic E-state index is 11.6. The molecule has 0 bridgehead atoms.